The Labute approximate surface area is 107 Å². The van der Waals surface area contributed by atoms with E-state index >= 15 is 0 Å². The normalized spacial score (nSPS) is 12.2. The highest BCUT2D eigenvalue weighted by atomic mass is 79.9. The molecule has 0 spiro atoms. The quantitative estimate of drug-likeness (QED) is 0.632. The maximum absolute atomic E-state index is 10.9. The van der Waals surface area contributed by atoms with Crippen molar-refractivity contribution in [2.75, 3.05) is 13.2 Å². The molecule has 1 aromatic carbocycles. The number of ether oxygens (including phenoxy) is 1. The van der Waals surface area contributed by atoms with E-state index in [0.717, 1.165) is 0 Å². The Morgan fingerprint density at radius 2 is 2.29 bits per heavy atom. The third kappa shape index (κ3) is 3.65. The topological polar surface area (TPSA) is 98.6 Å². The zero-order valence-corrected chi connectivity index (χ0v) is 10.8. The fourth-order valence-corrected chi connectivity index (χ4v) is 1.84. The van der Waals surface area contributed by atoms with Crippen LogP contribution in [0, 0.1) is 17.0 Å². The van der Waals surface area contributed by atoms with Gasteiger partial charge in [-0.2, -0.15) is 0 Å². The van der Waals surface area contributed by atoms with E-state index in [1.807, 2.05) is 0 Å². The molecular weight excluding hydrogens is 292 g/mol. The molecule has 6 nitrogen and oxygen atoms in total. The van der Waals surface area contributed by atoms with Crippen molar-refractivity contribution in [2.45, 2.75) is 13.0 Å². The Hall–Kier alpha value is -1.18. The molecule has 0 heterocycles. The number of aliphatic hydroxyl groups excluding tert-OH is 1. The number of rotatable bonds is 5. The summed E-state index contributed by atoms with van der Waals surface area (Å²) in [5, 5.41) is 20.1. The first-order chi connectivity index (χ1) is 7.95. The molecule has 3 N–H and O–H groups in total. The van der Waals surface area contributed by atoms with Crippen molar-refractivity contribution < 1.29 is 14.8 Å². The minimum Gasteiger partial charge on any atom is -0.484 e. The monoisotopic (exact) mass is 304 g/mol. The van der Waals surface area contributed by atoms with Crippen LogP contribution in [0.2, 0.25) is 0 Å². The summed E-state index contributed by atoms with van der Waals surface area (Å²) in [5.74, 6) is 0.158. The fourth-order valence-electron chi connectivity index (χ4n) is 1.28. The summed E-state index contributed by atoms with van der Waals surface area (Å²) >= 11 is 3.18. The first-order valence-electron chi connectivity index (χ1n) is 4.91. The maximum atomic E-state index is 10.9. The minimum absolute atomic E-state index is 0.0450. The summed E-state index contributed by atoms with van der Waals surface area (Å²) in [4.78, 5) is 10.3. The second-order valence-electron chi connectivity index (χ2n) is 3.53. The van der Waals surface area contributed by atoms with Crippen LogP contribution in [-0.4, -0.2) is 29.3 Å². The second kappa shape index (κ2) is 5.95. The van der Waals surface area contributed by atoms with E-state index < -0.39 is 11.0 Å². The van der Waals surface area contributed by atoms with Gasteiger partial charge in [0.1, 0.15) is 12.7 Å². The molecule has 94 valence electrons. The van der Waals surface area contributed by atoms with Gasteiger partial charge in [0.15, 0.2) is 5.75 Å². The predicted octanol–water partition coefficient (Wildman–Crippen LogP) is 1.36. The van der Waals surface area contributed by atoms with E-state index in [2.05, 4.69) is 15.9 Å². The Kier molecular flexibility index (Phi) is 4.86. The minimum atomic E-state index is -0.836. The largest absolute Gasteiger partial charge is 0.484 e. The third-order valence-corrected chi connectivity index (χ3v) is 2.57. The maximum Gasteiger partial charge on any atom is 0.312 e. The molecular formula is C10H13BrN2O4. The smallest absolute Gasteiger partial charge is 0.312 e. The Balaban J connectivity index is 3.00. The number of nitrogens with two attached hydrogens (primary N) is 1. The molecule has 0 saturated heterocycles. The molecule has 0 bridgehead atoms. The standard InChI is InChI=1S/C10H13BrN2O4/c1-6-2-7(11)3-9(13(15)16)10(6)17-5-8(14)4-12/h2-3,8,14H,4-5,12H2,1H3/t8-/m1/s1. The molecule has 1 atom stereocenters. The van der Waals surface area contributed by atoms with Crippen molar-refractivity contribution in [3.63, 3.8) is 0 Å². The molecule has 0 aliphatic heterocycles. The third-order valence-electron chi connectivity index (χ3n) is 2.11. The average molecular weight is 305 g/mol. The molecule has 0 unspecified atom stereocenters. The number of nitro groups is 1. The van der Waals surface area contributed by atoms with Crippen molar-refractivity contribution in [2.24, 2.45) is 5.73 Å². The molecule has 7 heteroatoms. The van der Waals surface area contributed by atoms with Crippen LogP contribution in [0.1, 0.15) is 5.56 Å². The van der Waals surface area contributed by atoms with Gasteiger partial charge in [-0.1, -0.05) is 15.9 Å². The fraction of sp³-hybridized carbons (Fsp3) is 0.400. The molecule has 17 heavy (non-hydrogen) atoms. The van der Waals surface area contributed by atoms with Crippen LogP contribution in [0.15, 0.2) is 16.6 Å². The highest BCUT2D eigenvalue weighted by Gasteiger charge is 2.19. The lowest BCUT2D eigenvalue weighted by atomic mass is 10.2. The number of hydrogen-bond acceptors (Lipinski definition) is 5. The van der Waals surface area contributed by atoms with Gasteiger partial charge in [-0.05, 0) is 18.6 Å². The summed E-state index contributed by atoms with van der Waals surface area (Å²) < 4.78 is 5.85. The van der Waals surface area contributed by atoms with Gasteiger partial charge in [-0.15, -0.1) is 0 Å². The molecule has 0 aromatic heterocycles. The van der Waals surface area contributed by atoms with Crippen molar-refractivity contribution in [3.05, 3.63) is 32.3 Å². The van der Waals surface area contributed by atoms with E-state index in [9.17, 15) is 15.2 Å². The number of halogens is 1. The summed E-state index contributed by atoms with van der Waals surface area (Å²) in [7, 11) is 0. The van der Waals surface area contributed by atoms with Crippen LogP contribution >= 0.6 is 15.9 Å². The van der Waals surface area contributed by atoms with Gasteiger partial charge >= 0.3 is 5.69 Å². The first kappa shape index (κ1) is 13.9. The number of nitrogens with zero attached hydrogens (tertiary/aromatic N) is 1. The van der Waals surface area contributed by atoms with Crippen LogP contribution in [-0.2, 0) is 0 Å². The van der Waals surface area contributed by atoms with E-state index in [0.29, 0.717) is 10.0 Å². The van der Waals surface area contributed by atoms with Gasteiger partial charge < -0.3 is 15.6 Å². The lowest BCUT2D eigenvalue weighted by Gasteiger charge is -2.12. The summed E-state index contributed by atoms with van der Waals surface area (Å²) in [6, 6.07) is 3.06. The zero-order chi connectivity index (χ0) is 13.0. The summed E-state index contributed by atoms with van der Waals surface area (Å²) in [6.07, 6.45) is -0.836. The SMILES string of the molecule is Cc1cc(Br)cc([N+](=O)[O-])c1OC[C@H](O)CN. The summed E-state index contributed by atoms with van der Waals surface area (Å²) in [5.41, 5.74) is 5.71. The molecule has 0 aliphatic rings. The van der Waals surface area contributed by atoms with E-state index in [-0.39, 0.29) is 24.6 Å². The molecule has 0 amide bonds. The first-order valence-corrected chi connectivity index (χ1v) is 5.70. The molecule has 1 aromatic rings. The van der Waals surface area contributed by atoms with Gasteiger partial charge in [0.05, 0.1) is 4.92 Å². The van der Waals surface area contributed by atoms with Gasteiger partial charge in [0.2, 0.25) is 0 Å². The average Bonchev–Trinajstić information content (AvgIpc) is 2.26. The Morgan fingerprint density at radius 1 is 1.65 bits per heavy atom. The predicted molar refractivity (Wildman–Crippen MR) is 66.1 cm³/mol. The lowest BCUT2D eigenvalue weighted by Crippen LogP contribution is -2.26. The second-order valence-corrected chi connectivity index (χ2v) is 4.44. The molecule has 0 aliphatic carbocycles. The number of benzene rings is 1. The van der Waals surface area contributed by atoms with Crippen LogP contribution in [0.3, 0.4) is 0 Å². The van der Waals surface area contributed by atoms with Crippen LogP contribution in [0.4, 0.5) is 5.69 Å². The van der Waals surface area contributed by atoms with Gasteiger partial charge in [-0.25, -0.2) is 0 Å². The van der Waals surface area contributed by atoms with E-state index in [1.54, 1.807) is 13.0 Å². The van der Waals surface area contributed by atoms with Crippen molar-refractivity contribution in [3.8, 4) is 5.75 Å². The van der Waals surface area contributed by atoms with Gasteiger partial charge in [0.25, 0.3) is 0 Å². The molecule has 0 saturated carbocycles. The lowest BCUT2D eigenvalue weighted by molar-refractivity contribution is -0.386. The van der Waals surface area contributed by atoms with Gasteiger partial charge in [0, 0.05) is 17.1 Å². The van der Waals surface area contributed by atoms with Crippen LogP contribution in [0.5, 0.6) is 5.75 Å². The number of aryl methyl sites for hydroxylation is 1. The number of aliphatic hydroxyl groups is 1. The number of nitro benzene ring substituents is 1. The molecule has 0 radical (unpaired) electrons. The van der Waals surface area contributed by atoms with Crippen molar-refractivity contribution in [1.82, 2.24) is 0 Å². The Morgan fingerprint density at radius 3 is 2.82 bits per heavy atom. The highest BCUT2D eigenvalue weighted by molar-refractivity contribution is 9.10. The van der Waals surface area contributed by atoms with E-state index in [1.165, 1.54) is 6.07 Å². The Bertz CT molecular complexity index is 425. The van der Waals surface area contributed by atoms with Gasteiger partial charge in [-0.3, -0.25) is 10.1 Å². The van der Waals surface area contributed by atoms with Crippen molar-refractivity contribution in [1.29, 1.82) is 0 Å². The van der Waals surface area contributed by atoms with Crippen LogP contribution < -0.4 is 10.5 Å². The zero-order valence-electron chi connectivity index (χ0n) is 9.22. The van der Waals surface area contributed by atoms with Crippen LogP contribution in [0.25, 0.3) is 0 Å². The molecule has 0 fully saturated rings. The molecule has 1 rings (SSSR count). The van der Waals surface area contributed by atoms with E-state index in [4.69, 9.17) is 10.5 Å². The number of hydrogen-bond donors (Lipinski definition) is 2. The van der Waals surface area contributed by atoms with Crippen molar-refractivity contribution >= 4 is 21.6 Å². The highest BCUT2D eigenvalue weighted by Crippen LogP contribution is 2.34. The summed E-state index contributed by atoms with van der Waals surface area (Å²) in [6.45, 7) is 1.67.